The zero-order valence-corrected chi connectivity index (χ0v) is 10.4. The van der Waals surface area contributed by atoms with Crippen molar-refractivity contribution in [1.82, 2.24) is 0 Å². The first kappa shape index (κ1) is 12.6. The molecule has 3 N–H and O–H groups in total. The average Bonchev–Trinajstić information content (AvgIpc) is 2.72. The van der Waals surface area contributed by atoms with Gasteiger partial charge in [-0.05, 0) is 44.0 Å². The van der Waals surface area contributed by atoms with Crippen molar-refractivity contribution in [2.45, 2.75) is 32.2 Å². The van der Waals surface area contributed by atoms with Crippen LogP contribution in [0.3, 0.4) is 0 Å². The maximum atomic E-state index is 12.2. The van der Waals surface area contributed by atoms with Gasteiger partial charge in [-0.15, -0.1) is 0 Å². The minimum Gasteiger partial charge on any atom is -0.327 e. The molecule has 2 atom stereocenters. The number of amides is 1. The van der Waals surface area contributed by atoms with Gasteiger partial charge in [0.05, 0.1) is 17.0 Å². The molecule has 1 aliphatic carbocycles. The summed E-state index contributed by atoms with van der Waals surface area (Å²) >= 11 is 0. The predicted octanol–water partition coefficient (Wildman–Crippen LogP) is 2.01. The molecular formula is C14H17N3O. The SMILES string of the molecule is CC1(C(=O)Nc2ccc(C#N)cc2)CCCC1N. The second-order valence-corrected chi connectivity index (χ2v) is 5.06. The lowest BCUT2D eigenvalue weighted by Gasteiger charge is -2.27. The number of rotatable bonds is 2. The highest BCUT2D eigenvalue weighted by molar-refractivity contribution is 5.95. The van der Waals surface area contributed by atoms with Crippen molar-refractivity contribution in [1.29, 1.82) is 5.26 Å². The van der Waals surface area contributed by atoms with Crippen molar-refractivity contribution in [3.05, 3.63) is 29.8 Å². The van der Waals surface area contributed by atoms with Crippen LogP contribution in [0, 0.1) is 16.7 Å². The summed E-state index contributed by atoms with van der Waals surface area (Å²) in [5, 5.41) is 11.6. The van der Waals surface area contributed by atoms with Crippen LogP contribution in [-0.4, -0.2) is 11.9 Å². The zero-order valence-electron chi connectivity index (χ0n) is 10.4. The van der Waals surface area contributed by atoms with E-state index in [1.807, 2.05) is 13.0 Å². The highest BCUT2D eigenvalue weighted by Crippen LogP contribution is 2.37. The summed E-state index contributed by atoms with van der Waals surface area (Å²) in [6.07, 6.45) is 2.73. The summed E-state index contributed by atoms with van der Waals surface area (Å²) in [4.78, 5) is 12.2. The molecule has 4 nitrogen and oxygen atoms in total. The van der Waals surface area contributed by atoms with Crippen LogP contribution in [0.25, 0.3) is 0 Å². The van der Waals surface area contributed by atoms with Crippen molar-refractivity contribution in [2.75, 3.05) is 5.32 Å². The second-order valence-electron chi connectivity index (χ2n) is 5.06. The van der Waals surface area contributed by atoms with Gasteiger partial charge < -0.3 is 11.1 Å². The molecule has 1 aromatic carbocycles. The first-order valence-electron chi connectivity index (χ1n) is 6.13. The van der Waals surface area contributed by atoms with Gasteiger partial charge in [-0.25, -0.2) is 0 Å². The highest BCUT2D eigenvalue weighted by Gasteiger charge is 2.42. The smallest absolute Gasteiger partial charge is 0.231 e. The third kappa shape index (κ3) is 2.22. The van der Waals surface area contributed by atoms with Crippen LogP contribution in [0.2, 0.25) is 0 Å². The maximum absolute atomic E-state index is 12.2. The number of carbonyl (C=O) groups excluding carboxylic acids is 1. The Labute approximate surface area is 107 Å². The molecule has 0 spiro atoms. The third-order valence-corrected chi connectivity index (χ3v) is 3.82. The van der Waals surface area contributed by atoms with E-state index in [0.29, 0.717) is 11.3 Å². The van der Waals surface area contributed by atoms with Gasteiger partial charge in [0.2, 0.25) is 5.91 Å². The van der Waals surface area contributed by atoms with E-state index in [0.717, 1.165) is 19.3 Å². The number of nitrogens with zero attached hydrogens (tertiary/aromatic N) is 1. The quantitative estimate of drug-likeness (QED) is 0.834. The fraction of sp³-hybridized carbons (Fsp3) is 0.429. The summed E-state index contributed by atoms with van der Waals surface area (Å²) in [5.41, 5.74) is 6.82. The van der Waals surface area contributed by atoms with Crippen LogP contribution in [0.1, 0.15) is 31.7 Å². The van der Waals surface area contributed by atoms with Crippen molar-refractivity contribution >= 4 is 11.6 Å². The van der Waals surface area contributed by atoms with Crippen LogP contribution >= 0.6 is 0 Å². The Bertz CT molecular complexity index is 489. The number of benzene rings is 1. The summed E-state index contributed by atoms with van der Waals surface area (Å²) in [6, 6.07) is 8.82. The zero-order chi connectivity index (χ0) is 13.2. The lowest BCUT2D eigenvalue weighted by atomic mass is 9.84. The van der Waals surface area contributed by atoms with Crippen molar-refractivity contribution < 1.29 is 4.79 Å². The monoisotopic (exact) mass is 243 g/mol. The molecule has 0 saturated heterocycles. The molecule has 94 valence electrons. The van der Waals surface area contributed by atoms with Crippen LogP contribution < -0.4 is 11.1 Å². The summed E-state index contributed by atoms with van der Waals surface area (Å²) in [7, 11) is 0. The standard InChI is InChI=1S/C14H17N3O/c1-14(8-2-3-12(14)16)13(18)17-11-6-4-10(9-15)5-7-11/h4-7,12H,2-3,8,16H2,1H3,(H,17,18). The number of carbonyl (C=O) groups is 1. The third-order valence-electron chi connectivity index (χ3n) is 3.82. The van der Waals surface area contributed by atoms with Crippen molar-refractivity contribution in [3.8, 4) is 6.07 Å². The Morgan fingerprint density at radius 2 is 2.17 bits per heavy atom. The lowest BCUT2D eigenvalue weighted by molar-refractivity contribution is -0.125. The molecule has 4 heteroatoms. The topological polar surface area (TPSA) is 78.9 Å². The summed E-state index contributed by atoms with van der Waals surface area (Å²) in [6.45, 7) is 1.92. The van der Waals surface area contributed by atoms with Gasteiger partial charge >= 0.3 is 0 Å². The molecular weight excluding hydrogens is 226 g/mol. The van der Waals surface area contributed by atoms with E-state index in [-0.39, 0.29) is 11.9 Å². The minimum absolute atomic E-state index is 0.0304. The maximum Gasteiger partial charge on any atom is 0.231 e. The van der Waals surface area contributed by atoms with E-state index in [1.54, 1.807) is 24.3 Å². The molecule has 1 aliphatic rings. The minimum atomic E-state index is -0.478. The summed E-state index contributed by atoms with van der Waals surface area (Å²) in [5.74, 6) is -0.0304. The number of hydrogen-bond acceptors (Lipinski definition) is 3. The van der Waals surface area contributed by atoms with E-state index >= 15 is 0 Å². The van der Waals surface area contributed by atoms with Crippen LogP contribution in [0.15, 0.2) is 24.3 Å². The molecule has 1 saturated carbocycles. The lowest BCUT2D eigenvalue weighted by Crippen LogP contribution is -2.44. The summed E-state index contributed by atoms with van der Waals surface area (Å²) < 4.78 is 0. The molecule has 0 bridgehead atoms. The Hall–Kier alpha value is -1.86. The van der Waals surface area contributed by atoms with Gasteiger partial charge in [-0.1, -0.05) is 6.42 Å². The molecule has 1 amide bonds. The molecule has 0 aromatic heterocycles. The largest absolute Gasteiger partial charge is 0.327 e. The Balaban J connectivity index is 2.09. The van der Waals surface area contributed by atoms with E-state index < -0.39 is 5.41 Å². The van der Waals surface area contributed by atoms with E-state index in [1.165, 1.54) is 0 Å². The normalized spacial score (nSPS) is 26.6. The van der Waals surface area contributed by atoms with Gasteiger partial charge in [0, 0.05) is 11.7 Å². The number of nitrogens with one attached hydrogen (secondary N) is 1. The Kier molecular flexibility index (Phi) is 3.35. The molecule has 18 heavy (non-hydrogen) atoms. The molecule has 2 rings (SSSR count). The predicted molar refractivity (Wildman–Crippen MR) is 69.7 cm³/mol. The first-order chi connectivity index (χ1) is 8.56. The van der Waals surface area contributed by atoms with E-state index in [4.69, 9.17) is 11.0 Å². The Morgan fingerprint density at radius 3 is 2.67 bits per heavy atom. The van der Waals surface area contributed by atoms with Gasteiger partial charge in [0.1, 0.15) is 0 Å². The Morgan fingerprint density at radius 1 is 1.50 bits per heavy atom. The van der Waals surface area contributed by atoms with Crippen LogP contribution in [0.4, 0.5) is 5.69 Å². The molecule has 1 fully saturated rings. The number of anilines is 1. The highest BCUT2D eigenvalue weighted by atomic mass is 16.2. The van der Waals surface area contributed by atoms with Crippen molar-refractivity contribution in [2.24, 2.45) is 11.1 Å². The number of nitriles is 1. The van der Waals surface area contributed by atoms with Gasteiger partial charge in [0.15, 0.2) is 0 Å². The van der Waals surface area contributed by atoms with Gasteiger partial charge in [-0.2, -0.15) is 5.26 Å². The average molecular weight is 243 g/mol. The fourth-order valence-electron chi connectivity index (χ4n) is 2.38. The van der Waals surface area contributed by atoms with Gasteiger partial charge in [-0.3, -0.25) is 4.79 Å². The number of hydrogen-bond donors (Lipinski definition) is 2. The van der Waals surface area contributed by atoms with E-state index in [2.05, 4.69) is 5.32 Å². The van der Waals surface area contributed by atoms with Crippen LogP contribution in [0.5, 0.6) is 0 Å². The second kappa shape index (κ2) is 4.79. The fourth-order valence-corrected chi connectivity index (χ4v) is 2.38. The number of nitrogens with two attached hydrogens (primary N) is 1. The molecule has 0 heterocycles. The van der Waals surface area contributed by atoms with Crippen molar-refractivity contribution in [3.63, 3.8) is 0 Å². The molecule has 0 aliphatic heterocycles. The molecule has 1 aromatic rings. The molecule has 2 unspecified atom stereocenters. The molecule has 0 radical (unpaired) electrons. The van der Waals surface area contributed by atoms with Gasteiger partial charge in [0.25, 0.3) is 0 Å². The first-order valence-corrected chi connectivity index (χ1v) is 6.13. The van der Waals surface area contributed by atoms with E-state index in [9.17, 15) is 4.79 Å². The van der Waals surface area contributed by atoms with Crippen LogP contribution in [-0.2, 0) is 4.79 Å².